The molecular weight excluding hydrogens is 355 g/mol. The predicted octanol–water partition coefficient (Wildman–Crippen LogP) is 0.936. The van der Waals surface area contributed by atoms with E-state index in [0.717, 1.165) is 4.90 Å². The van der Waals surface area contributed by atoms with Crippen LogP contribution in [0.3, 0.4) is 0 Å². The highest BCUT2D eigenvalue weighted by Gasteiger charge is 2.47. The minimum atomic E-state index is -0.819. The second kappa shape index (κ2) is 8.11. The van der Waals surface area contributed by atoms with Crippen LogP contribution in [0.15, 0.2) is 36.4 Å². The number of allylic oxidation sites excluding steroid dienone is 2. The van der Waals surface area contributed by atoms with E-state index in [1.54, 1.807) is 0 Å². The van der Waals surface area contributed by atoms with Crippen molar-refractivity contribution in [1.82, 2.24) is 10.2 Å². The lowest BCUT2D eigenvalue weighted by molar-refractivity contribution is -0.154. The van der Waals surface area contributed by atoms with Crippen LogP contribution in [0, 0.1) is 17.7 Å². The van der Waals surface area contributed by atoms with Gasteiger partial charge in [-0.1, -0.05) is 24.3 Å². The highest BCUT2D eigenvalue weighted by Crippen LogP contribution is 2.34. The number of imide groups is 1. The van der Waals surface area contributed by atoms with Crippen molar-refractivity contribution in [3.8, 4) is 0 Å². The number of ether oxygens (including phenoxy) is 1. The molecule has 7 nitrogen and oxygen atoms in total. The van der Waals surface area contributed by atoms with Crippen LogP contribution in [0.5, 0.6) is 0 Å². The zero-order valence-corrected chi connectivity index (χ0v) is 14.5. The van der Waals surface area contributed by atoms with Gasteiger partial charge in [-0.2, -0.15) is 0 Å². The Morgan fingerprint density at radius 2 is 1.67 bits per heavy atom. The van der Waals surface area contributed by atoms with Gasteiger partial charge >= 0.3 is 5.97 Å². The Kier molecular flexibility index (Phi) is 5.63. The molecule has 142 valence electrons. The molecule has 0 unspecified atom stereocenters. The topological polar surface area (TPSA) is 92.8 Å². The van der Waals surface area contributed by atoms with Crippen LogP contribution in [0.2, 0.25) is 0 Å². The molecule has 1 aliphatic carbocycles. The van der Waals surface area contributed by atoms with Gasteiger partial charge in [0, 0.05) is 6.54 Å². The molecule has 0 radical (unpaired) electrons. The largest absolute Gasteiger partial charge is 0.454 e. The third-order valence-corrected chi connectivity index (χ3v) is 4.65. The number of carbonyl (C=O) groups is 4. The fraction of sp³-hybridized carbons (Fsp3) is 0.368. The highest BCUT2D eigenvalue weighted by atomic mass is 19.1. The van der Waals surface area contributed by atoms with E-state index in [1.807, 2.05) is 12.2 Å². The summed E-state index contributed by atoms with van der Waals surface area (Å²) in [6.45, 7) is -0.851. The summed E-state index contributed by atoms with van der Waals surface area (Å²) in [6, 6.07) is 5.61. The SMILES string of the molecule is O=C(COC(=O)CN1C(=O)[C@H]2CC=CC[C@@H]2C1=O)NCc1ccc(F)cc1. The molecule has 1 heterocycles. The number of fused-ring (bicyclic) bond motifs is 1. The number of hydrogen-bond acceptors (Lipinski definition) is 5. The van der Waals surface area contributed by atoms with E-state index in [9.17, 15) is 23.6 Å². The molecule has 27 heavy (non-hydrogen) atoms. The highest BCUT2D eigenvalue weighted by molar-refractivity contribution is 6.07. The molecular formula is C19H19FN2O5. The van der Waals surface area contributed by atoms with Gasteiger partial charge in [-0.15, -0.1) is 0 Å². The summed E-state index contributed by atoms with van der Waals surface area (Å²) in [5.41, 5.74) is 0.695. The molecule has 2 atom stereocenters. The Morgan fingerprint density at radius 3 is 2.26 bits per heavy atom. The van der Waals surface area contributed by atoms with Crippen LogP contribution in [0.4, 0.5) is 4.39 Å². The van der Waals surface area contributed by atoms with Crippen LogP contribution < -0.4 is 5.32 Å². The quantitative estimate of drug-likeness (QED) is 0.454. The Balaban J connectivity index is 1.43. The number of nitrogens with zero attached hydrogens (tertiary/aromatic N) is 1. The summed E-state index contributed by atoms with van der Waals surface area (Å²) in [5.74, 6) is -3.28. The number of halogens is 1. The molecule has 0 bridgehead atoms. The van der Waals surface area contributed by atoms with Crippen molar-refractivity contribution in [2.75, 3.05) is 13.2 Å². The van der Waals surface area contributed by atoms with E-state index in [0.29, 0.717) is 18.4 Å². The van der Waals surface area contributed by atoms with Gasteiger partial charge in [0.25, 0.3) is 5.91 Å². The molecule has 8 heteroatoms. The second-order valence-electron chi connectivity index (χ2n) is 6.48. The van der Waals surface area contributed by atoms with Crippen molar-refractivity contribution in [2.24, 2.45) is 11.8 Å². The summed E-state index contributed by atoms with van der Waals surface area (Å²) >= 11 is 0. The van der Waals surface area contributed by atoms with Crippen molar-refractivity contribution >= 4 is 23.7 Å². The molecule has 0 saturated carbocycles. The van der Waals surface area contributed by atoms with Crippen LogP contribution >= 0.6 is 0 Å². The van der Waals surface area contributed by atoms with E-state index < -0.39 is 36.9 Å². The first-order valence-corrected chi connectivity index (χ1v) is 8.62. The summed E-state index contributed by atoms with van der Waals surface area (Å²) in [6.07, 6.45) is 4.71. The van der Waals surface area contributed by atoms with Crippen molar-refractivity contribution in [3.63, 3.8) is 0 Å². The number of rotatable bonds is 6. The average Bonchev–Trinajstić information content (AvgIpc) is 2.91. The minimum Gasteiger partial charge on any atom is -0.454 e. The van der Waals surface area contributed by atoms with E-state index in [-0.39, 0.29) is 24.2 Å². The molecule has 1 fully saturated rings. The first kappa shape index (κ1) is 18.8. The van der Waals surface area contributed by atoms with Crippen molar-refractivity contribution in [2.45, 2.75) is 19.4 Å². The Morgan fingerprint density at radius 1 is 1.07 bits per heavy atom. The normalized spacial score (nSPS) is 21.1. The van der Waals surface area contributed by atoms with Crippen LogP contribution in [0.1, 0.15) is 18.4 Å². The summed E-state index contributed by atoms with van der Waals surface area (Å²) < 4.78 is 17.7. The molecule has 1 aromatic rings. The van der Waals surface area contributed by atoms with Gasteiger partial charge in [0.05, 0.1) is 11.8 Å². The third-order valence-electron chi connectivity index (χ3n) is 4.65. The lowest BCUT2D eigenvalue weighted by Crippen LogP contribution is -2.38. The van der Waals surface area contributed by atoms with E-state index in [1.165, 1.54) is 24.3 Å². The lowest BCUT2D eigenvalue weighted by atomic mass is 9.85. The van der Waals surface area contributed by atoms with Crippen LogP contribution in [-0.2, 0) is 30.5 Å². The van der Waals surface area contributed by atoms with Gasteiger partial charge in [-0.3, -0.25) is 24.1 Å². The van der Waals surface area contributed by atoms with Gasteiger partial charge in [0.1, 0.15) is 12.4 Å². The first-order chi connectivity index (χ1) is 13.0. The summed E-state index contributed by atoms with van der Waals surface area (Å²) in [7, 11) is 0. The molecule has 3 rings (SSSR count). The average molecular weight is 374 g/mol. The van der Waals surface area contributed by atoms with Crippen molar-refractivity contribution < 1.29 is 28.3 Å². The van der Waals surface area contributed by atoms with Gasteiger partial charge in [0.15, 0.2) is 6.61 Å². The Labute approximate surface area is 155 Å². The number of carbonyl (C=O) groups excluding carboxylic acids is 4. The maximum atomic E-state index is 12.8. The molecule has 0 aromatic heterocycles. The standard InChI is InChI=1S/C19H19FN2O5/c20-13-7-5-12(6-8-13)9-21-16(23)11-27-17(24)10-22-18(25)14-3-1-2-4-15(14)19(22)26/h1-2,5-8,14-15H,3-4,9-11H2,(H,21,23)/t14-,15-/m0/s1. The summed E-state index contributed by atoms with van der Waals surface area (Å²) in [5, 5.41) is 2.53. The number of nitrogens with one attached hydrogen (secondary N) is 1. The monoisotopic (exact) mass is 374 g/mol. The zero-order valence-electron chi connectivity index (χ0n) is 14.5. The second-order valence-corrected chi connectivity index (χ2v) is 6.48. The predicted molar refractivity (Wildman–Crippen MR) is 91.3 cm³/mol. The lowest BCUT2D eigenvalue weighted by Gasteiger charge is -2.14. The van der Waals surface area contributed by atoms with Gasteiger partial charge in [-0.25, -0.2) is 4.39 Å². The van der Waals surface area contributed by atoms with E-state index in [4.69, 9.17) is 4.74 Å². The van der Waals surface area contributed by atoms with Crippen LogP contribution in [0.25, 0.3) is 0 Å². The number of amides is 3. The Hall–Kier alpha value is -3.03. The molecule has 0 spiro atoms. The third kappa shape index (κ3) is 4.39. The molecule has 2 aliphatic rings. The minimum absolute atomic E-state index is 0.163. The zero-order chi connectivity index (χ0) is 19.4. The van der Waals surface area contributed by atoms with E-state index >= 15 is 0 Å². The molecule has 3 amide bonds. The molecule has 1 aliphatic heterocycles. The maximum absolute atomic E-state index is 12.8. The van der Waals surface area contributed by atoms with Gasteiger partial charge in [0.2, 0.25) is 11.8 Å². The number of esters is 1. The fourth-order valence-corrected chi connectivity index (χ4v) is 3.20. The smallest absolute Gasteiger partial charge is 0.326 e. The maximum Gasteiger partial charge on any atom is 0.326 e. The van der Waals surface area contributed by atoms with Gasteiger partial charge < -0.3 is 10.1 Å². The number of likely N-dealkylation sites (tertiary alicyclic amines) is 1. The summed E-state index contributed by atoms with van der Waals surface area (Å²) in [4.78, 5) is 49.1. The fourth-order valence-electron chi connectivity index (χ4n) is 3.20. The number of hydrogen-bond donors (Lipinski definition) is 1. The van der Waals surface area contributed by atoms with Crippen molar-refractivity contribution in [1.29, 1.82) is 0 Å². The molecule has 1 aromatic carbocycles. The van der Waals surface area contributed by atoms with Crippen molar-refractivity contribution in [3.05, 3.63) is 47.8 Å². The molecule has 1 saturated heterocycles. The first-order valence-electron chi connectivity index (χ1n) is 8.62. The van der Waals surface area contributed by atoms with Crippen LogP contribution in [-0.4, -0.2) is 41.7 Å². The Bertz CT molecular complexity index is 764. The number of benzene rings is 1. The molecule has 1 N–H and O–H groups in total. The van der Waals surface area contributed by atoms with Gasteiger partial charge in [-0.05, 0) is 30.5 Å². The van der Waals surface area contributed by atoms with E-state index in [2.05, 4.69) is 5.32 Å².